The molecule has 0 bridgehead atoms. The van der Waals surface area contributed by atoms with Crippen LogP contribution in [0.4, 0.5) is 0 Å². The van der Waals surface area contributed by atoms with Gasteiger partial charge in [-0.15, -0.1) is 0 Å². The Hall–Kier alpha value is -3.36. The molecule has 0 aliphatic rings. The third-order valence-corrected chi connectivity index (χ3v) is 5.34. The predicted molar refractivity (Wildman–Crippen MR) is 124 cm³/mol. The smallest absolute Gasteiger partial charge is 0.227 e. The Kier molecular flexibility index (Phi) is 5.97. The van der Waals surface area contributed by atoms with Crippen molar-refractivity contribution in [1.29, 1.82) is 5.26 Å². The van der Waals surface area contributed by atoms with Gasteiger partial charge in [-0.25, -0.2) is 9.67 Å². The van der Waals surface area contributed by atoms with E-state index in [9.17, 15) is 0 Å². The number of fused-ring (bicyclic) bond motifs is 1. The summed E-state index contributed by atoms with van der Waals surface area (Å²) in [6.45, 7) is 2.39. The summed E-state index contributed by atoms with van der Waals surface area (Å²) in [5, 5.41) is 14.6. The molecule has 0 N–H and O–H groups in total. The van der Waals surface area contributed by atoms with Crippen LogP contribution in [0.2, 0.25) is 0 Å². The summed E-state index contributed by atoms with van der Waals surface area (Å²) in [5.41, 5.74) is 4.36. The molecule has 0 saturated carbocycles. The van der Waals surface area contributed by atoms with Crippen LogP contribution in [-0.2, 0) is 6.61 Å². The van der Waals surface area contributed by atoms with Gasteiger partial charge in [-0.1, -0.05) is 18.8 Å². The SMILES string of the molecule is CCC#Cc1cc2cnn(-c3ccc(C#N)cc3)c2cc1COc1ncccc1I. The molecule has 0 saturated heterocycles. The fourth-order valence-corrected chi connectivity index (χ4v) is 3.55. The van der Waals surface area contributed by atoms with Gasteiger partial charge in [0.2, 0.25) is 5.88 Å². The first-order valence-corrected chi connectivity index (χ1v) is 10.5. The Bertz CT molecular complexity index is 1310. The van der Waals surface area contributed by atoms with Crippen LogP contribution < -0.4 is 4.74 Å². The Morgan fingerprint density at radius 2 is 2.00 bits per heavy atom. The summed E-state index contributed by atoms with van der Waals surface area (Å²) < 4.78 is 8.81. The Balaban J connectivity index is 1.76. The summed E-state index contributed by atoms with van der Waals surface area (Å²) in [6.07, 6.45) is 4.33. The van der Waals surface area contributed by atoms with Crippen molar-refractivity contribution in [2.24, 2.45) is 0 Å². The van der Waals surface area contributed by atoms with Crippen molar-refractivity contribution in [3.05, 3.63) is 81.2 Å². The molecule has 0 amide bonds. The topological polar surface area (TPSA) is 63.7 Å². The van der Waals surface area contributed by atoms with Gasteiger partial charge in [0.25, 0.3) is 0 Å². The van der Waals surface area contributed by atoms with E-state index >= 15 is 0 Å². The van der Waals surface area contributed by atoms with E-state index in [0.29, 0.717) is 18.1 Å². The normalized spacial score (nSPS) is 10.3. The molecule has 0 aliphatic carbocycles. The van der Waals surface area contributed by atoms with Gasteiger partial charge in [-0.2, -0.15) is 10.4 Å². The highest BCUT2D eigenvalue weighted by atomic mass is 127. The molecule has 2 aromatic carbocycles. The quantitative estimate of drug-likeness (QED) is 0.282. The lowest BCUT2D eigenvalue weighted by atomic mass is 10.1. The van der Waals surface area contributed by atoms with Crippen LogP contribution in [0.1, 0.15) is 30.0 Å². The number of nitriles is 1. The number of ether oxygens (including phenoxy) is 1. The maximum atomic E-state index is 9.04. The zero-order valence-electron chi connectivity index (χ0n) is 16.3. The minimum Gasteiger partial charge on any atom is -0.472 e. The highest BCUT2D eigenvalue weighted by Gasteiger charge is 2.11. The number of halogens is 1. The van der Waals surface area contributed by atoms with Crippen LogP contribution in [0.5, 0.6) is 5.88 Å². The van der Waals surface area contributed by atoms with Crippen molar-refractivity contribution in [2.75, 3.05) is 0 Å². The van der Waals surface area contributed by atoms with Gasteiger partial charge < -0.3 is 4.74 Å². The third kappa shape index (κ3) is 4.14. The maximum Gasteiger partial charge on any atom is 0.227 e. The highest BCUT2D eigenvalue weighted by molar-refractivity contribution is 14.1. The monoisotopic (exact) mass is 504 g/mol. The van der Waals surface area contributed by atoms with Crippen molar-refractivity contribution in [3.63, 3.8) is 0 Å². The van der Waals surface area contributed by atoms with E-state index in [0.717, 1.165) is 37.7 Å². The van der Waals surface area contributed by atoms with Crippen molar-refractivity contribution >= 4 is 33.5 Å². The number of pyridine rings is 1. The number of hydrogen-bond acceptors (Lipinski definition) is 4. The molecule has 30 heavy (non-hydrogen) atoms. The molecule has 4 aromatic rings. The summed E-state index contributed by atoms with van der Waals surface area (Å²) in [6, 6.07) is 17.5. The summed E-state index contributed by atoms with van der Waals surface area (Å²) >= 11 is 2.21. The fraction of sp³-hybridized carbons (Fsp3) is 0.125. The van der Waals surface area contributed by atoms with Crippen molar-refractivity contribution < 1.29 is 4.74 Å². The van der Waals surface area contributed by atoms with E-state index < -0.39 is 0 Å². The summed E-state index contributed by atoms with van der Waals surface area (Å²) in [4.78, 5) is 4.31. The number of rotatable bonds is 4. The molecule has 0 spiro atoms. The van der Waals surface area contributed by atoms with E-state index in [4.69, 9.17) is 10.00 Å². The van der Waals surface area contributed by atoms with Crippen LogP contribution in [0.25, 0.3) is 16.6 Å². The fourth-order valence-electron chi connectivity index (χ4n) is 3.04. The van der Waals surface area contributed by atoms with Crippen LogP contribution in [0.15, 0.2) is 60.9 Å². The number of hydrogen-bond donors (Lipinski definition) is 0. The van der Waals surface area contributed by atoms with Gasteiger partial charge >= 0.3 is 0 Å². The average molecular weight is 504 g/mol. The lowest BCUT2D eigenvalue weighted by molar-refractivity contribution is 0.291. The van der Waals surface area contributed by atoms with Gasteiger partial charge in [0, 0.05) is 29.1 Å². The minimum absolute atomic E-state index is 0.356. The zero-order valence-corrected chi connectivity index (χ0v) is 18.4. The van der Waals surface area contributed by atoms with Crippen LogP contribution in [0.3, 0.4) is 0 Å². The molecule has 4 rings (SSSR count). The first-order valence-electron chi connectivity index (χ1n) is 9.43. The number of nitrogens with zero attached hydrogens (tertiary/aromatic N) is 4. The van der Waals surface area contributed by atoms with E-state index in [1.54, 1.807) is 18.3 Å². The molecule has 146 valence electrons. The molecule has 2 aromatic heterocycles. The molecule has 0 unspecified atom stereocenters. The van der Waals surface area contributed by atoms with Gasteiger partial charge in [0.15, 0.2) is 0 Å². The standard InChI is InChI=1S/C24H17IN4O/c1-2-3-5-18-12-19-15-28-29(21-9-7-17(14-26)8-10-21)23(19)13-20(18)16-30-24-22(25)6-4-11-27-24/h4,6-13,15H,2,16H2,1H3. The summed E-state index contributed by atoms with van der Waals surface area (Å²) in [7, 11) is 0. The predicted octanol–water partition coefficient (Wildman–Crippen LogP) is 5.24. The first-order chi connectivity index (χ1) is 14.7. The maximum absolute atomic E-state index is 9.04. The van der Waals surface area contributed by atoms with Gasteiger partial charge in [0.1, 0.15) is 6.61 Å². The van der Waals surface area contributed by atoms with Crippen LogP contribution in [-0.4, -0.2) is 14.8 Å². The average Bonchev–Trinajstić information content (AvgIpc) is 3.19. The zero-order chi connectivity index (χ0) is 20.9. The molecule has 5 nitrogen and oxygen atoms in total. The lowest BCUT2D eigenvalue weighted by Crippen LogP contribution is -2.02. The Morgan fingerprint density at radius 3 is 2.73 bits per heavy atom. The molecule has 6 heteroatoms. The van der Waals surface area contributed by atoms with E-state index in [2.05, 4.69) is 56.6 Å². The lowest BCUT2D eigenvalue weighted by Gasteiger charge is -2.10. The third-order valence-electron chi connectivity index (χ3n) is 4.52. The van der Waals surface area contributed by atoms with Gasteiger partial charge in [-0.05, 0) is 71.1 Å². The van der Waals surface area contributed by atoms with Crippen LogP contribution in [0, 0.1) is 26.7 Å². The second kappa shape index (κ2) is 8.98. The molecule has 0 fully saturated rings. The van der Waals surface area contributed by atoms with Crippen molar-refractivity contribution in [3.8, 4) is 29.5 Å². The molecular formula is C24H17IN4O. The second-order valence-electron chi connectivity index (χ2n) is 6.52. The summed E-state index contributed by atoms with van der Waals surface area (Å²) in [5.74, 6) is 7.00. The van der Waals surface area contributed by atoms with Gasteiger partial charge in [0.05, 0.1) is 32.6 Å². The van der Waals surface area contributed by atoms with E-state index in [-0.39, 0.29) is 0 Å². The van der Waals surface area contributed by atoms with Crippen LogP contribution >= 0.6 is 22.6 Å². The second-order valence-corrected chi connectivity index (χ2v) is 7.68. The minimum atomic E-state index is 0.356. The molecule has 0 radical (unpaired) electrons. The van der Waals surface area contributed by atoms with Crippen molar-refractivity contribution in [2.45, 2.75) is 20.0 Å². The molecule has 2 heterocycles. The van der Waals surface area contributed by atoms with E-state index in [1.165, 1.54) is 0 Å². The van der Waals surface area contributed by atoms with Gasteiger partial charge in [-0.3, -0.25) is 0 Å². The molecular weight excluding hydrogens is 487 g/mol. The largest absolute Gasteiger partial charge is 0.472 e. The first kappa shape index (κ1) is 19.9. The molecule has 0 atom stereocenters. The van der Waals surface area contributed by atoms with Crippen molar-refractivity contribution in [1.82, 2.24) is 14.8 Å². The Morgan fingerprint density at radius 1 is 1.17 bits per heavy atom. The Labute approximate surface area is 188 Å². The number of aromatic nitrogens is 3. The number of benzene rings is 2. The van der Waals surface area contributed by atoms with E-state index in [1.807, 2.05) is 48.1 Å². The highest BCUT2D eigenvalue weighted by Crippen LogP contribution is 2.25. The molecule has 0 aliphatic heterocycles.